The molecular formula is C29H30O5. The van der Waals surface area contributed by atoms with Gasteiger partial charge in [-0.3, -0.25) is 4.79 Å². The minimum atomic E-state index is -1.23. The van der Waals surface area contributed by atoms with Crippen molar-refractivity contribution in [1.82, 2.24) is 0 Å². The van der Waals surface area contributed by atoms with Crippen LogP contribution in [0.1, 0.15) is 76.2 Å². The first-order chi connectivity index (χ1) is 16.5. The summed E-state index contributed by atoms with van der Waals surface area (Å²) in [7, 11) is 0. The van der Waals surface area contributed by atoms with E-state index in [-0.39, 0.29) is 29.2 Å². The second-order valence-corrected chi connectivity index (χ2v) is 8.32. The third-order valence-corrected chi connectivity index (χ3v) is 5.97. The van der Waals surface area contributed by atoms with Crippen molar-refractivity contribution in [3.63, 3.8) is 0 Å². The number of unbranched alkanes of at least 4 members (excludes halogenated alkanes) is 1. The Bertz CT molecular complexity index is 1140. The van der Waals surface area contributed by atoms with Crippen molar-refractivity contribution in [2.45, 2.75) is 39.5 Å². The zero-order chi connectivity index (χ0) is 24.5. The zero-order valence-electron chi connectivity index (χ0n) is 19.6. The Morgan fingerprint density at radius 1 is 0.853 bits per heavy atom. The molecule has 0 aliphatic rings. The van der Waals surface area contributed by atoms with Gasteiger partial charge in [-0.1, -0.05) is 93.8 Å². The lowest BCUT2D eigenvalue weighted by Gasteiger charge is -2.17. The highest BCUT2D eigenvalue weighted by Gasteiger charge is 2.25. The lowest BCUT2D eigenvalue weighted by Crippen LogP contribution is -2.17. The molecule has 0 heterocycles. The predicted molar refractivity (Wildman–Crippen MR) is 132 cm³/mol. The molecule has 5 heteroatoms. The van der Waals surface area contributed by atoms with E-state index in [0.717, 1.165) is 25.7 Å². The summed E-state index contributed by atoms with van der Waals surface area (Å²) >= 11 is 0. The number of hydrogen-bond acceptors (Lipinski definition) is 4. The third-order valence-electron chi connectivity index (χ3n) is 5.97. The van der Waals surface area contributed by atoms with Crippen LogP contribution in [0.4, 0.5) is 0 Å². The topological polar surface area (TPSA) is 80.7 Å². The molecule has 1 atom stereocenters. The van der Waals surface area contributed by atoms with E-state index >= 15 is 0 Å². The lowest BCUT2D eigenvalue weighted by molar-refractivity contribution is 0.0428. The number of esters is 1. The number of rotatable bonds is 11. The first-order valence-electron chi connectivity index (χ1n) is 11.7. The molecule has 0 aromatic heterocycles. The van der Waals surface area contributed by atoms with E-state index < -0.39 is 17.7 Å². The quantitative estimate of drug-likeness (QED) is 0.257. The van der Waals surface area contributed by atoms with Crippen LogP contribution in [0.3, 0.4) is 0 Å². The highest BCUT2D eigenvalue weighted by Crippen LogP contribution is 2.30. The molecule has 3 aromatic carbocycles. The summed E-state index contributed by atoms with van der Waals surface area (Å²) in [5.41, 5.74) is 1.44. The van der Waals surface area contributed by atoms with Gasteiger partial charge in [0.2, 0.25) is 0 Å². The van der Waals surface area contributed by atoms with Crippen LogP contribution in [-0.2, 0) is 4.74 Å². The number of ketones is 1. The van der Waals surface area contributed by atoms with Gasteiger partial charge in [-0.15, -0.1) is 0 Å². The molecule has 0 amide bonds. The largest absolute Gasteiger partial charge is 0.478 e. The number of carboxylic acids is 1. The summed E-state index contributed by atoms with van der Waals surface area (Å²) in [6, 6.07) is 20.3. The second-order valence-electron chi connectivity index (χ2n) is 8.32. The van der Waals surface area contributed by atoms with E-state index in [1.165, 1.54) is 12.1 Å². The van der Waals surface area contributed by atoms with Gasteiger partial charge in [-0.05, 0) is 35.6 Å². The van der Waals surface area contributed by atoms with Crippen molar-refractivity contribution < 1.29 is 24.2 Å². The maximum atomic E-state index is 13.2. The fourth-order valence-electron chi connectivity index (χ4n) is 3.90. The van der Waals surface area contributed by atoms with Crippen molar-refractivity contribution in [2.24, 2.45) is 5.92 Å². The maximum absolute atomic E-state index is 13.2. The van der Waals surface area contributed by atoms with Crippen LogP contribution in [0.5, 0.6) is 0 Å². The highest BCUT2D eigenvalue weighted by molar-refractivity contribution is 6.16. The van der Waals surface area contributed by atoms with Crippen LogP contribution < -0.4 is 0 Å². The number of carbonyl (C=O) groups is 3. The summed E-state index contributed by atoms with van der Waals surface area (Å²) in [6.07, 6.45) is 4.01. The number of carbonyl (C=O) groups excluding carboxylic acids is 2. The monoisotopic (exact) mass is 458 g/mol. The minimum absolute atomic E-state index is 0.0386. The van der Waals surface area contributed by atoms with E-state index in [4.69, 9.17) is 4.74 Å². The normalized spacial score (nSPS) is 11.6. The number of aromatic carboxylic acids is 1. The molecule has 0 fully saturated rings. The van der Waals surface area contributed by atoms with Gasteiger partial charge in [0.25, 0.3) is 0 Å². The molecular weight excluding hydrogens is 428 g/mol. The fourth-order valence-corrected chi connectivity index (χ4v) is 3.90. The van der Waals surface area contributed by atoms with E-state index in [0.29, 0.717) is 16.7 Å². The molecule has 0 aliphatic heterocycles. The number of carboxylic acid groups (broad SMARTS) is 1. The molecule has 0 radical (unpaired) electrons. The zero-order valence-corrected chi connectivity index (χ0v) is 19.6. The van der Waals surface area contributed by atoms with Gasteiger partial charge in [0.05, 0.1) is 17.7 Å². The van der Waals surface area contributed by atoms with Crippen LogP contribution in [0.2, 0.25) is 0 Å². The van der Waals surface area contributed by atoms with Gasteiger partial charge in [0.1, 0.15) is 0 Å². The standard InChI is InChI=1S/C29H30O5/c1-3-5-12-20(4-2)19-34-29(33)26-18-24(27(30)22-15-10-7-11-16-22)25(28(31)32)17-23(26)21-13-8-6-9-14-21/h6-11,13-18,20H,3-5,12,19H2,1-2H3,(H,31,32). The van der Waals surface area contributed by atoms with Crippen LogP contribution in [0.25, 0.3) is 11.1 Å². The molecule has 1 unspecified atom stereocenters. The van der Waals surface area contributed by atoms with E-state index in [9.17, 15) is 19.5 Å². The molecule has 1 N–H and O–H groups in total. The Morgan fingerprint density at radius 2 is 1.50 bits per heavy atom. The first kappa shape index (κ1) is 24.9. The molecule has 0 aliphatic carbocycles. The summed E-state index contributed by atoms with van der Waals surface area (Å²) in [5, 5.41) is 9.88. The van der Waals surface area contributed by atoms with Crippen molar-refractivity contribution in [3.8, 4) is 11.1 Å². The molecule has 34 heavy (non-hydrogen) atoms. The van der Waals surface area contributed by atoms with Gasteiger partial charge in [-0.2, -0.15) is 0 Å². The Morgan fingerprint density at radius 3 is 2.09 bits per heavy atom. The van der Waals surface area contributed by atoms with Crippen LogP contribution >= 0.6 is 0 Å². The smallest absolute Gasteiger partial charge is 0.338 e. The van der Waals surface area contributed by atoms with Crippen molar-refractivity contribution in [2.75, 3.05) is 6.61 Å². The molecule has 3 rings (SSSR count). The second kappa shape index (κ2) is 11.9. The molecule has 0 spiro atoms. The van der Waals surface area contributed by atoms with Crippen LogP contribution in [0.15, 0.2) is 72.8 Å². The molecule has 0 saturated carbocycles. The average molecular weight is 459 g/mol. The number of benzene rings is 3. The average Bonchev–Trinajstić information content (AvgIpc) is 2.88. The van der Waals surface area contributed by atoms with Crippen molar-refractivity contribution in [3.05, 3.63) is 95.1 Å². The molecule has 176 valence electrons. The van der Waals surface area contributed by atoms with Gasteiger partial charge in [0, 0.05) is 11.1 Å². The lowest BCUT2D eigenvalue weighted by atomic mass is 9.90. The van der Waals surface area contributed by atoms with Crippen LogP contribution in [-0.4, -0.2) is 29.4 Å². The Labute approximate surface area is 200 Å². The Kier molecular flexibility index (Phi) is 8.74. The van der Waals surface area contributed by atoms with Crippen molar-refractivity contribution in [1.29, 1.82) is 0 Å². The van der Waals surface area contributed by atoms with Gasteiger partial charge in [0.15, 0.2) is 5.78 Å². The summed E-state index contributed by atoms with van der Waals surface area (Å²) in [4.78, 5) is 38.6. The summed E-state index contributed by atoms with van der Waals surface area (Å²) in [6.45, 7) is 4.48. The Balaban J connectivity index is 2.07. The third kappa shape index (κ3) is 5.98. The highest BCUT2D eigenvalue weighted by atomic mass is 16.5. The minimum Gasteiger partial charge on any atom is -0.478 e. The SMILES string of the molecule is CCCCC(CC)COC(=O)c1cc(C(=O)c2ccccc2)c(C(=O)O)cc1-c1ccccc1. The summed E-state index contributed by atoms with van der Waals surface area (Å²) < 4.78 is 5.68. The van der Waals surface area contributed by atoms with Crippen molar-refractivity contribution >= 4 is 17.7 Å². The first-order valence-corrected chi connectivity index (χ1v) is 11.7. The van der Waals surface area contributed by atoms with Gasteiger partial charge >= 0.3 is 11.9 Å². The van der Waals surface area contributed by atoms with Gasteiger partial charge < -0.3 is 9.84 Å². The summed E-state index contributed by atoms with van der Waals surface area (Å²) in [5.74, 6) is -2.00. The maximum Gasteiger partial charge on any atom is 0.338 e. The Hall–Kier alpha value is -3.73. The molecule has 0 bridgehead atoms. The predicted octanol–water partition coefficient (Wildman–Crippen LogP) is 6.66. The van der Waals surface area contributed by atoms with E-state index in [1.807, 2.05) is 18.2 Å². The van der Waals surface area contributed by atoms with Crippen LogP contribution in [0, 0.1) is 5.92 Å². The molecule has 3 aromatic rings. The van der Waals surface area contributed by atoms with E-state index in [2.05, 4.69) is 13.8 Å². The van der Waals surface area contributed by atoms with E-state index in [1.54, 1.807) is 42.5 Å². The number of hydrogen-bond donors (Lipinski definition) is 1. The molecule has 5 nitrogen and oxygen atoms in total. The molecule has 0 saturated heterocycles. The number of ether oxygens (including phenoxy) is 1. The van der Waals surface area contributed by atoms with Gasteiger partial charge in [-0.25, -0.2) is 9.59 Å². The fraction of sp³-hybridized carbons (Fsp3) is 0.276.